The van der Waals surface area contributed by atoms with E-state index in [0.717, 1.165) is 15.8 Å². The van der Waals surface area contributed by atoms with Crippen molar-refractivity contribution in [2.24, 2.45) is 0 Å². The van der Waals surface area contributed by atoms with Gasteiger partial charge in [0.25, 0.3) is 0 Å². The summed E-state index contributed by atoms with van der Waals surface area (Å²) in [4.78, 5) is 0. The van der Waals surface area contributed by atoms with Gasteiger partial charge in [-0.2, -0.15) is 0 Å². The molecule has 0 saturated heterocycles. The van der Waals surface area contributed by atoms with Crippen molar-refractivity contribution in [2.75, 3.05) is 7.11 Å². The van der Waals surface area contributed by atoms with Gasteiger partial charge in [-0.15, -0.1) is 0 Å². The van der Waals surface area contributed by atoms with Gasteiger partial charge >= 0.3 is 0 Å². The molecule has 106 valence electrons. The van der Waals surface area contributed by atoms with E-state index in [1.807, 2.05) is 18.2 Å². The van der Waals surface area contributed by atoms with Crippen molar-refractivity contribution in [3.63, 3.8) is 0 Å². The van der Waals surface area contributed by atoms with E-state index in [-0.39, 0.29) is 6.61 Å². The first-order valence-electron chi connectivity index (χ1n) is 5.99. The van der Waals surface area contributed by atoms with E-state index in [1.165, 1.54) is 0 Å². The summed E-state index contributed by atoms with van der Waals surface area (Å²) in [5.41, 5.74) is 1.59. The minimum atomic E-state index is -0.151. The molecule has 1 N–H and O–H groups in total. The Hall–Kier alpha value is -1.23. The Balaban J connectivity index is 2.13. The first-order valence-corrected chi connectivity index (χ1v) is 7.16. The van der Waals surface area contributed by atoms with Crippen LogP contribution in [0.3, 0.4) is 0 Å². The summed E-state index contributed by atoms with van der Waals surface area (Å²) in [6.45, 7) is 0.233. The van der Waals surface area contributed by atoms with E-state index in [2.05, 4.69) is 15.9 Å². The maximum atomic E-state index is 9.32. The Labute approximate surface area is 131 Å². The van der Waals surface area contributed by atoms with E-state index in [0.29, 0.717) is 22.9 Å². The molecule has 0 saturated carbocycles. The van der Waals surface area contributed by atoms with Crippen LogP contribution in [0, 0.1) is 0 Å². The van der Waals surface area contributed by atoms with Gasteiger partial charge < -0.3 is 14.6 Å². The summed E-state index contributed by atoms with van der Waals surface area (Å²) < 4.78 is 11.8. The summed E-state index contributed by atoms with van der Waals surface area (Å²) in [6.07, 6.45) is 0. The van der Waals surface area contributed by atoms with Crippen LogP contribution in [-0.4, -0.2) is 12.2 Å². The van der Waals surface area contributed by atoms with Crippen LogP contribution in [0.4, 0.5) is 0 Å². The molecule has 0 atom stereocenters. The topological polar surface area (TPSA) is 38.7 Å². The molecule has 0 aliphatic carbocycles. The lowest BCUT2D eigenvalue weighted by Crippen LogP contribution is -1.99. The fourth-order valence-corrected chi connectivity index (χ4v) is 2.60. The number of halogens is 2. The molecular weight excluding hydrogens is 344 g/mol. The number of aliphatic hydroxyl groups is 1. The molecule has 0 heterocycles. The molecule has 2 aromatic rings. The largest absolute Gasteiger partial charge is 0.496 e. The number of rotatable bonds is 5. The van der Waals surface area contributed by atoms with Crippen molar-refractivity contribution in [1.82, 2.24) is 0 Å². The average molecular weight is 358 g/mol. The predicted molar refractivity (Wildman–Crippen MR) is 82.4 cm³/mol. The van der Waals surface area contributed by atoms with Gasteiger partial charge in [0.1, 0.15) is 18.1 Å². The number of methoxy groups -OCH3 is 1. The third-order valence-corrected chi connectivity index (χ3v) is 3.82. The Morgan fingerprint density at radius 2 is 2.00 bits per heavy atom. The predicted octanol–water partition coefficient (Wildman–Crippen LogP) is 4.18. The van der Waals surface area contributed by atoms with Crippen molar-refractivity contribution in [1.29, 1.82) is 0 Å². The summed E-state index contributed by atoms with van der Waals surface area (Å²) >= 11 is 9.44. The molecule has 0 fully saturated rings. The second-order valence-electron chi connectivity index (χ2n) is 4.13. The van der Waals surface area contributed by atoms with Crippen LogP contribution in [0.25, 0.3) is 0 Å². The summed E-state index contributed by atoms with van der Waals surface area (Å²) in [7, 11) is 1.62. The number of benzene rings is 2. The molecule has 0 bridgehead atoms. The maximum absolute atomic E-state index is 9.32. The van der Waals surface area contributed by atoms with E-state index < -0.39 is 0 Å². The molecule has 0 radical (unpaired) electrons. The van der Waals surface area contributed by atoms with E-state index in [4.69, 9.17) is 21.1 Å². The maximum Gasteiger partial charge on any atom is 0.133 e. The molecular formula is C15H14BrClO3. The molecule has 20 heavy (non-hydrogen) atoms. The van der Waals surface area contributed by atoms with Gasteiger partial charge in [-0.3, -0.25) is 0 Å². The van der Waals surface area contributed by atoms with Gasteiger partial charge in [-0.1, -0.05) is 23.7 Å². The van der Waals surface area contributed by atoms with Crippen molar-refractivity contribution in [2.45, 2.75) is 13.2 Å². The Morgan fingerprint density at radius 1 is 1.20 bits per heavy atom. The van der Waals surface area contributed by atoms with Crippen LogP contribution in [0.15, 0.2) is 40.9 Å². The summed E-state index contributed by atoms with van der Waals surface area (Å²) in [5, 5.41) is 9.82. The van der Waals surface area contributed by atoms with Gasteiger partial charge in [-0.05, 0) is 45.8 Å². The highest BCUT2D eigenvalue weighted by molar-refractivity contribution is 9.10. The Kier molecular flexibility index (Phi) is 5.29. The lowest BCUT2D eigenvalue weighted by atomic mass is 10.2. The number of hydrogen-bond donors (Lipinski definition) is 1. The normalized spacial score (nSPS) is 10.4. The smallest absolute Gasteiger partial charge is 0.133 e. The monoisotopic (exact) mass is 356 g/mol. The third kappa shape index (κ3) is 3.45. The molecule has 3 nitrogen and oxygen atoms in total. The van der Waals surface area contributed by atoms with E-state index >= 15 is 0 Å². The fourth-order valence-electron chi connectivity index (χ4n) is 1.79. The molecule has 0 aliphatic rings. The van der Waals surface area contributed by atoms with Crippen LogP contribution >= 0.6 is 27.5 Å². The van der Waals surface area contributed by atoms with Gasteiger partial charge in [0, 0.05) is 10.6 Å². The molecule has 2 rings (SSSR count). The SMILES string of the molecule is COc1ccc(COc2cccc(Cl)c2CO)cc1Br. The lowest BCUT2D eigenvalue weighted by molar-refractivity contribution is 0.259. The van der Waals surface area contributed by atoms with Crippen molar-refractivity contribution in [3.05, 3.63) is 57.0 Å². The first kappa shape index (κ1) is 15.2. The second kappa shape index (κ2) is 6.97. The lowest BCUT2D eigenvalue weighted by Gasteiger charge is -2.12. The zero-order valence-corrected chi connectivity index (χ0v) is 13.2. The molecule has 2 aromatic carbocycles. The highest BCUT2D eigenvalue weighted by Crippen LogP contribution is 2.29. The highest BCUT2D eigenvalue weighted by atomic mass is 79.9. The molecule has 5 heteroatoms. The van der Waals surface area contributed by atoms with Gasteiger partial charge in [0.05, 0.1) is 18.2 Å². The molecule has 0 aromatic heterocycles. The summed E-state index contributed by atoms with van der Waals surface area (Å²) in [6, 6.07) is 11.0. The zero-order valence-electron chi connectivity index (χ0n) is 10.9. The third-order valence-electron chi connectivity index (χ3n) is 2.84. The van der Waals surface area contributed by atoms with Crippen LogP contribution in [-0.2, 0) is 13.2 Å². The first-order chi connectivity index (χ1) is 9.65. The van der Waals surface area contributed by atoms with Crippen LogP contribution < -0.4 is 9.47 Å². The molecule has 0 spiro atoms. The van der Waals surface area contributed by atoms with E-state index in [1.54, 1.807) is 25.3 Å². The number of aliphatic hydroxyl groups excluding tert-OH is 1. The van der Waals surface area contributed by atoms with Gasteiger partial charge in [0.15, 0.2) is 0 Å². The van der Waals surface area contributed by atoms with Crippen molar-refractivity contribution < 1.29 is 14.6 Å². The van der Waals surface area contributed by atoms with Crippen LogP contribution in [0.2, 0.25) is 5.02 Å². The molecule has 0 amide bonds. The fraction of sp³-hybridized carbons (Fsp3) is 0.200. The Bertz CT molecular complexity index is 602. The quantitative estimate of drug-likeness (QED) is 0.872. The minimum Gasteiger partial charge on any atom is -0.496 e. The zero-order chi connectivity index (χ0) is 14.5. The number of ether oxygens (including phenoxy) is 2. The standard InChI is InChI=1S/C15H14BrClO3/c1-19-15-6-5-10(7-12(15)16)9-20-14-4-2-3-13(17)11(14)8-18/h2-7,18H,8-9H2,1H3. The van der Waals surface area contributed by atoms with Gasteiger partial charge in [-0.25, -0.2) is 0 Å². The average Bonchev–Trinajstić information content (AvgIpc) is 2.45. The van der Waals surface area contributed by atoms with E-state index in [9.17, 15) is 5.11 Å². The minimum absolute atomic E-state index is 0.151. The van der Waals surface area contributed by atoms with Gasteiger partial charge in [0.2, 0.25) is 0 Å². The number of hydrogen-bond acceptors (Lipinski definition) is 3. The van der Waals surface area contributed by atoms with Crippen LogP contribution in [0.5, 0.6) is 11.5 Å². The van der Waals surface area contributed by atoms with Crippen molar-refractivity contribution >= 4 is 27.5 Å². The highest BCUT2D eigenvalue weighted by Gasteiger charge is 2.08. The second-order valence-corrected chi connectivity index (χ2v) is 5.39. The summed E-state index contributed by atoms with van der Waals surface area (Å²) in [5.74, 6) is 1.36. The molecule has 0 unspecified atom stereocenters. The Morgan fingerprint density at radius 3 is 2.65 bits per heavy atom. The van der Waals surface area contributed by atoms with Crippen molar-refractivity contribution in [3.8, 4) is 11.5 Å². The van der Waals surface area contributed by atoms with Crippen LogP contribution in [0.1, 0.15) is 11.1 Å². The molecule has 0 aliphatic heterocycles.